The summed E-state index contributed by atoms with van der Waals surface area (Å²) < 4.78 is 31.6. The maximum absolute atomic E-state index is 12.2. The molecule has 7 heteroatoms. The lowest BCUT2D eigenvalue weighted by Gasteiger charge is -2.27. The standard InChI is InChI=1S/C13H19NO5S/c1-13(2,3)11(12(15)16)14-20(17,18)10-7-5-6-9(8-10)19-4/h5-8,11,14H,1-4H3,(H,15,16)/t11-/m0/s1. The van der Waals surface area contributed by atoms with Gasteiger partial charge in [-0.1, -0.05) is 26.8 Å². The van der Waals surface area contributed by atoms with Crippen LogP contribution in [-0.2, 0) is 14.8 Å². The third kappa shape index (κ3) is 3.94. The second kappa shape index (κ2) is 5.80. The fourth-order valence-electron chi connectivity index (χ4n) is 1.59. The highest BCUT2D eigenvalue weighted by Crippen LogP contribution is 2.23. The third-order valence-corrected chi connectivity index (χ3v) is 4.16. The molecule has 112 valence electrons. The largest absolute Gasteiger partial charge is 0.497 e. The molecule has 0 heterocycles. The molecule has 0 amide bonds. The van der Waals surface area contributed by atoms with E-state index in [2.05, 4.69) is 4.72 Å². The summed E-state index contributed by atoms with van der Waals surface area (Å²) in [4.78, 5) is 11.2. The van der Waals surface area contributed by atoms with E-state index in [4.69, 9.17) is 9.84 Å². The van der Waals surface area contributed by atoms with E-state index in [9.17, 15) is 13.2 Å². The van der Waals surface area contributed by atoms with Crippen LogP contribution >= 0.6 is 0 Å². The van der Waals surface area contributed by atoms with Gasteiger partial charge in [-0.2, -0.15) is 4.72 Å². The Bertz CT molecular complexity index is 589. The number of nitrogens with one attached hydrogen (secondary N) is 1. The average molecular weight is 301 g/mol. The fraction of sp³-hybridized carbons (Fsp3) is 0.462. The summed E-state index contributed by atoms with van der Waals surface area (Å²) in [6.07, 6.45) is 0. The van der Waals surface area contributed by atoms with E-state index in [1.165, 1.54) is 25.3 Å². The van der Waals surface area contributed by atoms with Crippen molar-refractivity contribution in [3.8, 4) is 5.75 Å². The molecule has 0 spiro atoms. The van der Waals surface area contributed by atoms with Gasteiger partial charge in [0.15, 0.2) is 0 Å². The van der Waals surface area contributed by atoms with E-state index >= 15 is 0 Å². The molecule has 2 N–H and O–H groups in total. The van der Waals surface area contributed by atoms with Crippen LogP contribution in [0.25, 0.3) is 0 Å². The molecule has 0 aliphatic carbocycles. The van der Waals surface area contributed by atoms with E-state index in [-0.39, 0.29) is 4.90 Å². The molecular weight excluding hydrogens is 282 g/mol. The molecule has 1 atom stereocenters. The Morgan fingerprint density at radius 3 is 2.40 bits per heavy atom. The lowest BCUT2D eigenvalue weighted by molar-refractivity contribution is -0.141. The van der Waals surface area contributed by atoms with Gasteiger partial charge < -0.3 is 9.84 Å². The average Bonchev–Trinajstić information content (AvgIpc) is 2.34. The number of ether oxygens (including phenoxy) is 1. The Hall–Kier alpha value is -1.60. The topological polar surface area (TPSA) is 92.7 Å². The van der Waals surface area contributed by atoms with Crippen LogP contribution in [0.4, 0.5) is 0 Å². The first kappa shape index (κ1) is 16.5. The normalized spacial score (nSPS) is 13.8. The van der Waals surface area contributed by atoms with Crippen molar-refractivity contribution < 1.29 is 23.1 Å². The van der Waals surface area contributed by atoms with Crippen LogP contribution in [0.3, 0.4) is 0 Å². The van der Waals surface area contributed by atoms with Crippen LogP contribution in [0.1, 0.15) is 20.8 Å². The summed E-state index contributed by atoms with van der Waals surface area (Å²) in [6.45, 7) is 4.96. The highest BCUT2D eigenvalue weighted by molar-refractivity contribution is 7.89. The minimum atomic E-state index is -3.93. The number of sulfonamides is 1. The van der Waals surface area contributed by atoms with Crippen LogP contribution in [-0.4, -0.2) is 32.6 Å². The van der Waals surface area contributed by atoms with Gasteiger partial charge >= 0.3 is 5.97 Å². The van der Waals surface area contributed by atoms with Crippen molar-refractivity contribution in [3.63, 3.8) is 0 Å². The van der Waals surface area contributed by atoms with E-state index < -0.39 is 27.4 Å². The molecule has 6 nitrogen and oxygen atoms in total. The molecule has 0 bridgehead atoms. The number of rotatable bonds is 5. The number of methoxy groups -OCH3 is 1. The fourth-order valence-corrected chi connectivity index (χ4v) is 3.02. The Balaban J connectivity index is 3.13. The first-order valence-electron chi connectivity index (χ1n) is 5.97. The summed E-state index contributed by atoms with van der Waals surface area (Å²) >= 11 is 0. The summed E-state index contributed by atoms with van der Waals surface area (Å²) in [6, 6.07) is 4.63. The predicted octanol–water partition coefficient (Wildman–Crippen LogP) is 1.47. The Morgan fingerprint density at radius 2 is 1.95 bits per heavy atom. The maximum atomic E-state index is 12.2. The Morgan fingerprint density at radius 1 is 1.35 bits per heavy atom. The van der Waals surface area contributed by atoms with E-state index in [1.54, 1.807) is 26.8 Å². The summed E-state index contributed by atoms with van der Waals surface area (Å²) in [5, 5.41) is 9.17. The third-order valence-electron chi connectivity index (χ3n) is 2.74. The molecule has 1 aromatic carbocycles. The van der Waals surface area contributed by atoms with Crippen molar-refractivity contribution in [1.82, 2.24) is 4.72 Å². The van der Waals surface area contributed by atoms with E-state index in [0.29, 0.717) is 5.75 Å². The molecule has 1 rings (SSSR count). The molecule has 1 aromatic rings. The molecule has 0 aromatic heterocycles. The Labute approximate surface area is 118 Å². The lowest BCUT2D eigenvalue weighted by Crippen LogP contribution is -2.48. The SMILES string of the molecule is COc1cccc(S(=O)(=O)N[C@@H](C(=O)O)C(C)(C)C)c1. The number of aliphatic carboxylic acids is 1. The molecule has 0 fully saturated rings. The first-order chi connectivity index (χ1) is 9.08. The maximum Gasteiger partial charge on any atom is 0.322 e. The quantitative estimate of drug-likeness (QED) is 0.859. The van der Waals surface area contributed by atoms with E-state index in [0.717, 1.165) is 0 Å². The highest BCUT2D eigenvalue weighted by atomic mass is 32.2. The molecule has 20 heavy (non-hydrogen) atoms. The smallest absolute Gasteiger partial charge is 0.322 e. The van der Waals surface area contributed by atoms with Crippen molar-refractivity contribution in [3.05, 3.63) is 24.3 Å². The van der Waals surface area contributed by atoms with Gasteiger partial charge in [-0.25, -0.2) is 8.42 Å². The second-order valence-electron chi connectivity index (χ2n) is 5.44. The van der Waals surface area contributed by atoms with Crippen molar-refractivity contribution in [2.45, 2.75) is 31.7 Å². The van der Waals surface area contributed by atoms with Crippen LogP contribution in [0.15, 0.2) is 29.2 Å². The first-order valence-corrected chi connectivity index (χ1v) is 7.45. The zero-order chi connectivity index (χ0) is 15.6. The molecule has 0 saturated heterocycles. The van der Waals surface area contributed by atoms with Gasteiger partial charge in [0.1, 0.15) is 11.8 Å². The Kier molecular flexibility index (Phi) is 4.77. The van der Waals surface area contributed by atoms with Crippen LogP contribution < -0.4 is 9.46 Å². The monoisotopic (exact) mass is 301 g/mol. The van der Waals surface area contributed by atoms with Gasteiger partial charge in [0, 0.05) is 6.07 Å². The van der Waals surface area contributed by atoms with Crippen molar-refractivity contribution in [2.24, 2.45) is 5.41 Å². The minimum absolute atomic E-state index is 0.0349. The molecule has 0 saturated carbocycles. The summed E-state index contributed by atoms with van der Waals surface area (Å²) in [7, 11) is -2.51. The van der Waals surface area contributed by atoms with Gasteiger partial charge in [0.25, 0.3) is 0 Å². The number of hydrogen-bond donors (Lipinski definition) is 2. The predicted molar refractivity (Wildman–Crippen MR) is 74.2 cm³/mol. The molecular formula is C13H19NO5S. The molecule has 0 aliphatic heterocycles. The van der Waals surface area contributed by atoms with Crippen molar-refractivity contribution >= 4 is 16.0 Å². The zero-order valence-electron chi connectivity index (χ0n) is 11.9. The number of carbonyl (C=O) groups is 1. The summed E-state index contributed by atoms with van der Waals surface area (Å²) in [5.41, 5.74) is -0.752. The molecule has 0 radical (unpaired) electrons. The van der Waals surface area contributed by atoms with Gasteiger partial charge in [-0.15, -0.1) is 0 Å². The van der Waals surface area contributed by atoms with Crippen molar-refractivity contribution in [1.29, 1.82) is 0 Å². The van der Waals surface area contributed by atoms with Gasteiger partial charge in [0.05, 0.1) is 12.0 Å². The van der Waals surface area contributed by atoms with Gasteiger partial charge in [-0.05, 0) is 17.5 Å². The lowest BCUT2D eigenvalue weighted by atomic mass is 9.88. The second-order valence-corrected chi connectivity index (χ2v) is 7.15. The van der Waals surface area contributed by atoms with Crippen molar-refractivity contribution in [2.75, 3.05) is 7.11 Å². The highest BCUT2D eigenvalue weighted by Gasteiger charge is 2.35. The molecule has 0 unspecified atom stereocenters. The van der Waals surface area contributed by atoms with Gasteiger partial charge in [0.2, 0.25) is 10.0 Å². The zero-order valence-corrected chi connectivity index (χ0v) is 12.7. The van der Waals surface area contributed by atoms with Gasteiger partial charge in [-0.3, -0.25) is 4.79 Å². The molecule has 0 aliphatic rings. The summed E-state index contributed by atoms with van der Waals surface area (Å²) in [5.74, 6) is -0.834. The van der Waals surface area contributed by atoms with Crippen LogP contribution in [0, 0.1) is 5.41 Å². The van der Waals surface area contributed by atoms with Crippen LogP contribution in [0.5, 0.6) is 5.75 Å². The number of carboxylic acid groups (broad SMARTS) is 1. The van der Waals surface area contributed by atoms with E-state index in [1.807, 2.05) is 0 Å². The minimum Gasteiger partial charge on any atom is -0.497 e. The number of carboxylic acids is 1. The number of benzene rings is 1. The number of hydrogen-bond acceptors (Lipinski definition) is 4. The van der Waals surface area contributed by atoms with Crippen LogP contribution in [0.2, 0.25) is 0 Å².